The number of benzene rings is 3. The summed E-state index contributed by atoms with van der Waals surface area (Å²) in [5.74, 6) is 0.0185. The van der Waals surface area contributed by atoms with Crippen molar-refractivity contribution in [2.24, 2.45) is 5.92 Å². The number of halogens is 2. The molecule has 0 aromatic heterocycles. The van der Waals surface area contributed by atoms with Gasteiger partial charge in [-0.05, 0) is 72.0 Å². The summed E-state index contributed by atoms with van der Waals surface area (Å²) in [7, 11) is -3.79. The second-order valence-corrected chi connectivity index (χ2v) is 10.4. The van der Waals surface area contributed by atoms with Crippen LogP contribution in [0.4, 0.5) is 15.8 Å². The van der Waals surface area contributed by atoms with E-state index in [1.807, 2.05) is 24.3 Å². The Balaban J connectivity index is 1.50. The van der Waals surface area contributed by atoms with Crippen LogP contribution in [-0.4, -0.2) is 8.42 Å². The second kappa shape index (κ2) is 7.80. The highest BCUT2D eigenvalue weighted by Gasteiger charge is 2.39. The summed E-state index contributed by atoms with van der Waals surface area (Å²) < 4.78 is 42.6. The largest absolute Gasteiger partial charge is 0.378 e. The SMILES string of the molecule is O=S(=O)(Nc1ccc(F)cc1)c1ccc2c(c1)[C@H]1C=CC[C@H]1[C@@H](c1ccccc1Br)N2. The number of hydrogen-bond donors (Lipinski definition) is 2. The number of sulfonamides is 1. The number of hydrogen-bond acceptors (Lipinski definition) is 3. The molecule has 0 amide bonds. The third-order valence-electron chi connectivity index (χ3n) is 5.98. The smallest absolute Gasteiger partial charge is 0.261 e. The van der Waals surface area contributed by atoms with Crippen molar-refractivity contribution < 1.29 is 12.8 Å². The summed E-state index contributed by atoms with van der Waals surface area (Å²) in [6.07, 6.45) is 5.28. The van der Waals surface area contributed by atoms with Gasteiger partial charge in [-0.25, -0.2) is 12.8 Å². The average Bonchev–Trinajstić information content (AvgIpc) is 3.25. The Labute approximate surface area is 189 Å². The fourth-order valence-electron chi connectivity index (χ4n) is 4.51. The standard InChI is InChI=1S/C24H20BrFN2O2S/c25-22-7-2-1-4-20(22)24-19-6-3-5-18(19)21-14-17(12-13-23(21)27-24)31(29,30)28-16-10-8-15(26)9-11-16/h1-5,7-14,18-19,24,27-28H,6H2/t18-,19+,24-/m0/s1. The molecule has 7 heteroatoms. The maximum Gasteiger partial charge on any atom is 0.261 e. The molecule has 3 aromatic carbocycles. The molecule has 0 spiro atoms. The van der Waals surface area contributed by atoms with Crippen molar-refractivity contribution in [3.63, 3.8) is 0 Å². The van der Waals surface area contributed by atoms with E-state index >= 15 is 0 Å². The van der Waals surface area contributed by atoms with Crippen LogP contribution in [0.3, 0.4) is 0 Å². The number of rotatable bonds is 4. The van der Waals surface area contributed by atoms with E-state index in [1.54, 1.807) is 12.1 Å². The Hall–Kier alpha value is -2.64. The van der Waals surface area contributed by atoms with Crippen LogP contribution in [0.25, 0.3) is 0 Å². The minimum absolute atomic E-state index is 0.128. The van der Waals surface area contributed by atoms with Crippen molar-refractivity contribution in [1.82, 2.24) is 0 Å². The summed E-state index contributed by atoms with van der Waals surface area (Å²) in [4.78, 5) is 0.191. The minimum atomic E-state index is -3.79. The number of fused-ring (bicyclic) bond motifs is 3. The van der Waals surface area contributed by atoms with Crippen LogP contribution in [0.1, 0.15) is 29.5 Å². The molecule has 0 fully saturated rings. The molecule has 1 aliphatic carbocycles. The zero-order valence-electron chi connectivity index (χ0n) is 16.4. The second-order valence-electron chi connectivity index (χ2n) is 7.86. The zero-order valence-corrected chi connectivity index (χ0v) is 18.8. The van der Waals surface area contributed by atoms with Gasteiger partial charge in [0.05, 0.1) is 10.9 Å². The van der Waals surface area contributed by atoms with Crippen LogP contribution in [0.15, 0.2) is 88.3 Å². The lowest BCUT2D eigenvalue weighted by Gasteiger charge is -2.38. The molecule has 2 N–H and O–H groups in total. The fraction of sp³-hybridized carbons (Fsp3) is 0.167. The van der Waals surface area contributed by atoms with Crippen molar-refractivity contribution in [3.05, 3.63) is 100 Å². The zero-order chi connectivity index (χ0) is 21.6. The predicted molar refractivity (Wildman–Crippen MR) is 124 cm³/mol. The van der Waals surface area contributed by atoms with Gasteiger partial charge in [-0.15, -0.1) is 0 Å². The van der Waals surface area contributed by atoms with Crippen molar-refractivity contribution in [2.45, 2.75) is 23.3 Å². The molecule has 0 unspecified atom stereocenters. The van der Waals surface area contributed by atoms with Gasteiger partial charge in [0.25, 0.3) is 10.0 Å². The number of nitrogens with one attached hydrogen (secondary N) is 2. The summed E-state index contributed by atoms with van der Waals surface area (Å²) in [6, 6.07) is 18.8. The summed E-state index contributed by atoms with van der Waals surface area (Å²) in [5, 5.41) is 3.63. The molecule has 158 valence electrons. The van der Waals surface area contributed by atoms with Crippen molar-refractivity contribution in [2.75, 3.05) is 10.0 Å². The number of allylic oxidation sites excluding steroid dienone is 2. The highest BCUT2D eigenvalue weighted by molar-refractivity contribution is 9.10. The summed E-state index contributed by atoms with van der Waals surface area (Å²) >= 11 is 3.67. The van der Waals surface area contributed by atoms with E-state index in [4.69, 9.17) is 0 Å². The predicted octanol–water partition coefficient (Wildman–Crippen LogP) is 6.22. The van der Waals surface area contributed by atoms with E-state index in [2.05, 4.69) is 44.2 Å². The van der Waals surface area contributed by atoms with Crippen LogP contribution in [-0.2, 0) is 10.0 Å². The van der Waals surface area contributed by atoms with E-state index < -0.39 is 15.8 Å². The molecule has 1 heterocycles. The fourth-order valence-corrected chi connectivity index (χ4v) is 6.13. The Kier molecular flexibility index (Phi) is 5.10. The highest BCUT2D eigenvalue weighted by atomic mass is 79.9. The molecular formula is C24H20BrFN2O2S. The lowest BCUT2D eigenvalue weighted by molar-refractivity contribution is 0.424. The lowest BCUT2D eigenvalue weighted by Crippen LogP contribution is -2.29. The van der Waals surface area contributed by atoms with Crippen molar-refractivity contribution in [3.8, 4) is 0 Å². The molecule has 31 heavy (non-hydrogen) atoms. The van der Waals surface area contributed by atoms with E-state index in [1.165, 1.54) is 29.8 Å². The molecule has 3 aromatic rings. The normalized spacial score (nSPS) is 21.8. The summed E-state index contributed by atoms with van der Waals surface area (Å²) in [5.41, 5.74) is 3.43. The maximum atomic E-state index is 13.1. The van der Waals surface area contributed by atoms with Gasteiger partial charge in [0.15, 0.2) is 0 Å². The molecule has 5 rings (SSSR count). The van der Waals surface area contributed by atoms with Crippen LogP contribution < -0.4 is 10.0 Å². The minimum Gasteiger partial charge on any atom is -0.378 e. The molecule has 2 aliphatic rings. The molecule has 0 saturated carbocycles. The first-order valence-electron chi connectivity index (χ1n) is 10.0. The van der Waals surface area contributed by atoms with Gasteiger partial charge in [0, 0.05) is 21.8 Å². The Morgan fingerprint density at radius 1 is 1.00 bits per heavy atom. The first-order chi connectivity index (χ1) is 14.9. The lowest BCUT2D eigenvalue weighted by atomic mass is 9.77. The van der Waals surface area contributed by atoms with Crippen LogP contribution in [0.5, 0.6) is 0 Å². The average molecular weight is 499 g/mol. The Morgan fingerprint density at radius 3 is 2.55 bits per heavy atom. The van der Waals surface area contributed by atoms with Gasteiger partial charge in [0.2, 0.25) is 0 Å². The van der Waals surface area contributed by atoms with Crippen LogP contribution in [0, 0.1) is 11.7 Å². The van der Waals surface area contributed by atoms with Crippen molar-refractivity contribution in [1.29, 1.82) is 0 Å². The number of anilines is 2. The van der Waals surface area contributed by atoms with E-state index in [-0.39, 0.29) is 16.9 Å². The van der Waals surface area contributed by atoms with E-state index in [0.717, 1.165) is 22.1 Å². The van der Waals surface area contributed by atoms with Gasteiger partial charge in [-0.3, -0.25) is 4.72 Å². The molecular weight excluding hydrogens is 479 g/mol. The Morgan fingerprint density at radius 2 is 1.77 bits per heavy atom. The molecule has 0 radical (unpaired) electrons. The van der Waals surface area contributed by atoms with Crippen LogP contribution >= 0.6 is 15.9 Å². The van der Waals surface area contributed by atoms with Crippen LogP contribution in [0.2, 0.25) is 0 Å². The van der Waals surface area contributed by atoms with Gasteiger partial charge >= 0.3 is 0 Å². The summed E-state index contributed by atoms with van der Waals surface area (Å²) in [6.45, 7) is 0. The first-order valence-corrected chi connectivity index (χ1v) is 12.3. The molecule has 0 bridgehead atoms. The van der Waals surface area contributed by atoms with Gasteiger partial charge in [0.1, 0.15) is 5.82 Å². The highest BCUT2D eigenvalue weighted by Crippen LogP contribution is 2.51. The topological polar surface area (TPSA) is 58.2 Å². The van der Waals surface area contributed by atoms with E-state index in [0.29, 0.717) is 11.6 Å². The quantitative estimate of drug-likeness (QED) is 0.420. The van der Waals surface area contributed by atoms with Gasteiger partial charge in [-0.2, -0.15) is 0 Å². The van der Waals surface area contributed by atoms with Gasteiger partial charge < -0.3 is 5.32 Å². The van der Waals surface area contributed by atoms with Gasteiger partial charge in [-0.1, -0.05) is 46.3 Å². The Bertz CT molecular complexity index is 1270. The molecule has 3 atom stereocenters. The molecule has 0 saturated heterocycles. The molecule has 1 aliphatic heterocycles. The maximum absolute atomic E-state index is 13.1. The third kappa shape index (κ3) is 3.77. The van der Waals surface area contributed by atoms with E-state index in [9.17, 15) is 12.8 Å². The molecule has 4 nitrogen and oxygen atoms in total. The van der Waals surface area contributed by atoms with Crippen molar-refractivity contribution >= 4 is 37.3 Å². The first kappa shape index (κ1) is 20.3. The monoisotopic (exact) mass is 498 g/mol. The third-order valence-corrected chi connectivity index (χ3v) is 8.08.